The Labute approximate surface area is 348 Å². The van der Waals surface area contributed by atoms with E-state index in [1.807, 2.05) is 0 Å². The number of thiophene rings is 2. The second-order valence-corrected chi connectivity index (χ2v) is 17.0. The van der Waals surface area contributed by atoms with Crippen molar-refractivity contribution in [2.45, 2.75) is 5.41 Å². The van der Waals surface area contributed by atoms with E-state index >= 15 is 0 Å². The Bertz CT molecular complexity index is 3260. The lowest BCUT2D eigenvalue weighted by molar-refractivity contribution is 0.202. The molecule has 11 rings (SSSR count). The molecule has 0 radical (unpaired) electrons. The zero-order chi connectivity index (χ0) is 39.5. The summed E-state index contributed by atoms with van der Waals surface area (Å²) in [5, 5.41) is 33.8. The van der Waals surface area contributed by atoms with Crippen LogP contribution in [0.15, 0.2) is 150 Å². The van der Waals surface area contributed by atoms with Crippen molar-refractivity contribution < 1.29 is 19.7 Å². The van der Waals surface area contributed by atoms with Crippen LogP contribution in [0, 0.1) is 10.4 Å². The number of hydrogen-bond acceptors (Lipinski definition) is 6. The van der Waals surface area contributed by atoms with Gasteiger partial charge in [0.1, 0.15) is 24.7 Å². The summed E-state index contributed by atoms with van der Waals surface area (Å²) in [4.78, 5) is 0. The lowest BCUT2D eigenvalue weighted by Crippen LogP contribution is -2.29. The summed E-state index contributed by atoms with van der Waals surface area (Å²) in [6, 6.07) is 47.9. The smallest absolute Gasteiger partial charge is 0.127 e. The molecule has 2 aliphatic rings. The van der Waals surface area contributed by atoms with Crippen molar-refractivity contribution in [3.05, 3.63) is 193 Å². The van der Waals surface area contributed by atoms with Crippen LogP contribution in [0.2, 0.25) is 0 Å². The highest BCUT2D eigenvalue weighted by molar-refractivity contribution is 7.18. The molecule has 4 nitrogen and oxygen atoms in total. The number of benzene rings is 7. The number of fused-ring (bicyclic) bond motifs is 6. The average molecular weight is 803 g/mol. The summed E-state index contributed by atoms with van der Waals surface area (Å²) >= 11 is 3.45. The van der Waals surface area contributed by atoms with Gasteiger partial charge in [0, 0.05) is 42.4 Å². The fourth-order valence-electron chi connectivity index (χ4n) is 9.02. The lowest BCUT2D eigenvalue weighted by atomic mass is 9.70. The first-order chi connectivity index (χ1) is 29.1. The zero-order valence-electron chi connectivity index (χ0n) is 32.0. The van der Waals surface area contributed by atoms with Gasteiger partial charge < -0.3 is 19.7 Å². The highest BCUT2D eigenvalue weighted by Gasteiger charge is 2.34. The maximum atomic E-state index is 9.82. The maximum Gasteiger partial charge on any atom is 0.127 e. The molecule has 0 aliphatic heterocycles. The van der Waals surface area contributed by atoms with E-state index in [2.05, 4.69) is 169 Å². The van der Waals surface area contributed by atoms with Crippen LogP contribution in [0.5, 0.6) is 11.5 Å². The molecule has 0 unspecified atom stereocenters. The molecular weight excluding hydrogens is 765 g/mol. The third-order valence-electron chi connectivity index (χ3n) is 11.8. The van der Waals surface area contributed by atoms with Gasteiger partial charge in [0.15, 0.2) is 0 Å². The van der Waals surface area contributed by atoms with Gasteiger partial charge in [-0.3, -0.25) is 0 Å². The van der Waals surface area contributed by atoms with Crippen molar-refractivity contribution in [3.8, 4) is 33.8 Å². The molecule has 9 aromatic rings. The predicted molar refractivity (Wildman–Crippen MR) is 245 cm³/mol. The highest BCUT2D eigenvalue weighted by atomic mass is 32.1. The van der Waals surface area contributed by atoms with Gasteiger partial charge in [-0.05, 0) is 131 Å². The van der Waals surface area contributed by atoms with Gasteiger partial charge in [0.25, 0.3) is 0 Å². The quantitative estimate of drug-likeness (QED) is 0.145. The fraction of sp³-hybridized carbons (Fsp3) is 0.0943. The Morgan fingerprint density at radius 3 is 1.69 bits per heavy atom. The molecule has 0 saturated carbocycles. The molecule has 0 atom stereocenters. The van der Waals surface area contributed by atoms with Gasteiger partial charge in [0.05, 0.1) is 18.6 Å². The summed E-state index contributed by atoms with van der Waals surface area (Å²) in [5.74, 6) is 1.47. The average Bonchev–Trinajstić information content (AvgIpc) is 4.01. The van der Waals surface area contributed by atoms with Gasteiger partial charge in [-0.25, -0.2) is 0 Å². The van der Waals surface area contributed by atoms with E-state index in [-0.39, 0.29) is 26.4 Å². The van der Waals surface area contributed by atoms with Crippen molar-refractivity contribution >= 4 is 71.8 Å². The minimum atomic E-state index is -0.701. The van der Waals surface area contributed by atoms with E-state index in [0.29, 0.717) is 0 Å². The number of ether oxygens (including phenoxy) is 2. The minimum Gasteiger partial charge on any atom is -0.491 e. The summed E-state index contributed by atoms with van der Waals surface area (Å²) < 4.78 is 14.9. The second-order valence-electron chi connectivity index (χ2n) is 15.2. The summed E-state index contributed by atoms with van der Waals surface area (Å²) in [6.45, 7) is 0.251. The molecule has 0 fully saturated rings. The van der Waals surface area contributed by atoms with Crippen LogP contribution in [0.1, 0.15) is 22.3 Å². The molecule has 7 aromatic carbocycles. The van der Waals surface area contributed by atoms with Crippen LogP contribution >= 0.6 is 22.7 Å². The number of allylic oxidation sites excluding steroid dienone is 1. The van der Waals surface area contributed by atoms with Crippen LogP contribution in [-0.2, 0) is 5.41 Å². The summed E-state index contributed by atoms with van der Waals surface area (Å²) in [6.07, 6.45) is 9.39. The van der Waals surface area contributed by atoms with E-state index < -0.39 is 5.41 Å². The molecular formula is C53H38O4S2. The molecule has 2 N–H and O–H groups in total. The Balaban J connectivity index is 1.17. The van der Waals surface area contributed by atoms with Crippen molar-refractivity contribution in [2.24, 2.45) is 0 Å². The predicted octanol–water partition coefficient (Wildman–Crippen LogP) is 10.6. The third-order valence-corrected chi connectivity index (χ3v) is 13.8. The molecule has 286 valence electrons. The minimum absolute atomic E-state index is 0.0746. The SMILES string of the molecule is OCCOc1ccc(C2(c3ccc(OCCO)c(-c4csc5ccccc45)c3)C=Cc3cc4c(cc3=C2)C=c2cc3ccccc3cc2=4)cc1-c1csc2ccccc12. The Morgan fingerprint density at radius 2 is 1.08 bits per heavy atom. The molecule has 2 aromatic heterocycles. The lowest BCUT2D eigenvalue weighted by Gasteiger charge is -2.33. The zero-order valence-corrected chi connectivity index (χ0v) is 33.7. The van der Waals surface area contributed by atoms with Gasteiger partial charge in [-0.1, -0.05) is 91.0 Å². The monoisotopic (exact) mass is 802 g/mol. The molecule has 2 heterocycles. The normalized spacial score (nSPS) is 13.5. The van der Waals surface area contributed by atoms with Crippen LogP contribution in [0.25, 0.3) is 71.4 Å². The molecule has 0 saturated heterocycles. The van der Waals surface area contributed by atoms with Crippen molar-refractivity contribution in [2.75, 3.05) is 26.4 Å². The van der Waals surface area contributed by atoms with Crippen molar-refractivity contribution in [1.29, 1.82) is 0 Å². The fourth-order valence-corrected chi connectivity index (χ4v) is 10.9. The topological polar surface area (TPSA) is 58.9 Å². The Morgan fingerprint density at radius 1 is 0.508 bits per heavy atom. The molecule has 6 heteroatoms. The van der Waals surface area contributed by atoms with E-state index in [9.17, 15) is 10.2 Å². The largest absolute Gasteiger partial charge is 0.491 e. The van der Waals surface area contributed by atoms with Crippen LogP contribution in [0.3, 0.4) is 0 Å². The van der Waals surface area contributed by atoms with Crippen LogP contribution < -0.4 is 19.9 Å². The van der Waals surface area contributed by atoms with Crippen LogP contribution in [-0.4, -0.2) is 36.6 Å². The van der Waals surface area contributed by atoms with Crippen molar-refractivity contribution in [3.63, 3.8) is 0 Å². The standard InChI is InChI=1S/C53H38O4S2/c54-19-21-56-49-15-13-39(28-45(49)47-31-58-51-11-5-3-9-41(47)51)53(40-14-16-50(57-22-20-55)46(29-40)48-32-59-52-12-6-4-10-42(48)52)18-17-35-27-44-37(25-38(35)30-53)24-36-23-33-7-1-2-8-34(33)26-43(36)44/h1-18,23-32,54-55H,19-22H2. The molecule has 59 heavy (non-hydrogen) atoms. The van der Waals surface area contributed by atoms with E-state index in [4.69, 9.17) is 9.47 Å². The third kappa shape index (κ3) is 6.02. The number of aliphatic hydroxyl groups excluding tert-OH is 2. The van der Waals surface area contributed by atoms with Crippen molar-refractivity contribution in [1.82, 2.24) is 0 Å². The van der Waals surface area contributed by atoms with Crippen LogP contribution in [0.4, 0.5) is 0 Å². The van der Waals surface area contributed by atoms with E-state index in [0.717, 1.165) is 50.1 Å². The first kappa shape index (κ1) is 35.8. The number of hydrogen-bond donors (Lipinski definition) is 2. The maximum absolute atomic E-state index is 9.82. The van der Waals surface area contributed by atoms with Gasteiger partial charge in [0.2, 0.25) is 0 Å². The number of aliphatic hydroxyl groups is 2. The van der Waals surface area contributed by atoms with E-state index in [1.165, 1.54) is 57.7 Å². The van der Waals surface area contributed by atoms with E-state index in [1.54, 1.807) is 22.7 Å². The first-order valence-electron chi connectivity index (χ1n) is 19.9. The summed E-state index contributed by atoms with van der Waals surface area (Å²) in [7, 11) is 0. The Hall–Kier alpha value is -6.28. The molecule has 2 aliphatic carbocycles. The first-order valence-corrected chi connectivity index (χ1v) is 21.7. The number of rotatable bonds is 10. The molecule has 0 bridgehead atoms. The Kier molecular flexibility index (Phi) is 8.82. The molecule has 0 spiro atoms. The molecule has 0 amide bonds. The van der Waals surface area contributed by atoms with Gasteiger partial charge >= 0.3 is 0 Å². The summed E-state index contributed by atoms with van der Waals surface area (Å²) in [5.41, 5.74) is 8.04. The van der Waals surface area contributed by atoms with Gasteiger partial charge in [-0.2, -0.15) is 0 Å². The highest BCUT2D eigenvalue weighted by Crippen LogP contribution is 2.47. The second kappa shape index (κ2) is 14.5. The van der Waals surface area contributed by atoms with Gasteiger partial charge in [-0.15, -0.1) is 22.7 Å².